The van der Waals surface area contributed by atoms with Crippen molar-refractivity contribution in [2.24, 2.45) is 0 Å². The molecular formula is C19H14F3N3O2S. The summed E-state index contributed by atoms with van der Waals surface area (Å²) in [7, 11) is 0. The van der Waals surface area contributed by atoms with Crippen molar-refractivity contribution >= 4 is 22.9 Å². The summed E-state index contributed by atoms with van der Waals surface area (Å²) in [5.74, 6) is -0.230. The molecule has 0 fully saturated rings. The molecule has 4 rings (SSSR count). The molecule has 1 N–H and O–H groups in total. The highest BCUT2D eigenvalue weighted by molar-refractivity contribution is 7.09. The van der Waals surface area contributed by atoms with Crippen LogP contribution in [-0.4, -0.2) is 15.3 Å². The molecule has 28 heavy (non-hydrogen) atoms. The van der Waals surface area contributed by atoms with Crippen LogP contribution in [0.1, 0.15) is 26.6 Å². The molecule has 0 atom stereocenters. The molecule has 0 unspecified atom stereocenters. The molecule has 0 aliphatic carbocycles. The number of nitrogens with zero attached hydrogens (tertiary/aromatic N) is 2. The number of alkyl halides is 3. The number of carbonyl (C=O) groups is 1. The van der Waals surface area contributed by atoms with Crippen LogP contribution in [0.2, 0.25) is 0 Å². The highest BCUT2D eigenvalue weighted by Crippen LogP contribution is 2.36. The van der Waals surface area contributed by atoms with Crippen molar-refractivity contribution in [3.8, 4) is 11.3 Å². The Labute approximate surface area is 161 Å². The van der Waals surface area contributed by atoms with E-state index in [1.807, 2.05) is 17.5 Å². The lowest BCUT2D eigenvalue weighted by Gasteiger charge is -2.10. The minimum absolute atomic E-state index is 0.0429. The summed E-state index contributed by atoms with van der Waals surface area (Å²) >= 11 is 1.48. The summed E-state index contributed by atoms with van der Waals surface area (Å²) < 4.78 is 47.4. The second-order valence-electron chi connectivity index (χ2n) is 6.12. The molecule has 0 radical (unpaired) electrons. The smallest absolute Gasteiger partial charge is 0.420 e. The summed E-state index contributed by atoms with van der Waals surface area (Å²) in [6.45, 7) is 1.85. The largest absolute Gasteiger partial charge is 0.464 e. The van der Waals surface area contributed by atoms with Crippen LogP contribution in [0.15, 0.2) is 52.6 Å². The quantitative estimate of drug-likeness (QED) is 0.525. The molecule has 0 saturated heterocycles. The highest BCUT2D eigenvalue weighted by Gasteiger charge is 2.36. The number of thiophene rings is 1. The van der Waals surface area contributed by atoms with Crippen LogP contribution in [-0.2, 0) is 12.7 Å². The second kappa shape index (κ2) is 6.83. The van der Waals surface area contributed by atoms with Gasteiger partial charge in [0.15, 0.2) is 0 Å². The van der Waals surface area contributed by atoms with E-state index in [0.717, 1.165) is 10.9 Å². The summed E-state index contributed by atoms with van der Waals surface area (Å²) in [4.78, 5) is 17.5. The molecule has 9 heteroatoms. The number of imidazole rings is 1. The maximum atomic E-state index is 13.6. The van der Waals surface area contributed by atoms with Crippen molar-refractivity contribution in [1.29, 1.82) is 0 Å². The Balaban J connectivity index is 1.79. The van der Waals surface area contributed by atoms with Crippen molar-refractivity contribution in [2.45, 2.75) is 19.6 Å². The van der Waals surface area contributed by atoms with E-state index in [1.54, 1.807) is 19.1 Å². The molecule has 0 spiro atoms. The Morgan fingerprint density at radius 3 is 2.79 bits per heavy atom. The van der Waals surface area contributed by atoms with Crippen molar-refractivity contribution in [3.63, 3.8) is 0 Å². The van der Waals surface area contributed by atoms with E-state index in [2.05, 4.69) is 10.3 Å². The zero-order chi connectivity index (χ0) is 19.9. The van der Waals surface area contributed by atoms with Gasteiger partial charge in [-0.2, -0.15) is 13.2 Å². The summed E-state index contributed by atoms with van der Waals surface area (Å²) in [6, 6.07) is 7.86. The van der Waals surface area contributed by atoms with Crippen LogP contribution >= 0.6 is 11.3 Å². The highest BCUT2D eigenvalue weighted by atomic mass is 32.1. The fraction of sp³-hybridized carbons (Fsp3) is 0.158. The predicted molar refractivity (Wildman–Crippen MR) is 98.1 cm³/mol. The first-order chi connectivity index (χ1) is 13.3. The normalized spacial score (nSPS) is 11.9. The van der Waals surface area contributed by atoms with Gasteiger partial charge in [-0.25, -0.2) is 4.98 Å². The van der Waals surface area contributed by atoms with Crippen LogP contribution in [0.25, 0.3) is 17.0 Å². The molecule has 0 aliphatic heterocycles. The van der Waals surface area contributed by atoms with E-state index in [1.165, 1.54) is 28.2 Å². The zero-order valence-electron chi connectivity index (χ0n) is 14.6. The van der Waals surface area contributed by atoms with Crippen molar-refractivity contribution in [1.82, 2.24) is 14.7 Å². The van der Waals surface area contributed by atoms with Gasteiger partial charge in [-0.15, -0.1) is 11.3 Å². The first-order valence-electron chi connectivity index (χ1n) is 8.29. The molecule has 144 valence electrons. The van der Waals surface area contributed by atoms with E-state index in [4.69, 9.17) is 4.42 Å². The first-order valence-corrected chi connectivity index (χ1v) is 9.17. The van der Waals surface area contributed by atoms with Gasteiger partial charge in [0.25, 0.3) is 5.91 Å². The number of furan rings is 1. The van der Waals surface area contributed by atoms with E-state index < -0.39 is 17.6 Å². The fourth-order valence-electron chi connectivity index (χ4n) is 2.92. The average Bonchev–Trinajstić information content (AvgIpc) is 3.40. The Kier molecular flexibility index (Phi) is 4.46. The molecule has 0 aromatic carbocycles. The number of aryl methyl sites for hydroxylation is 1. The molecule has 0 saturated carbocycles. The van der Waals surface area contributed by atoms with Gasteiger partial charge in [-0.1, -0.05) is 6.07 Å². The first kappa shape index (κ1) is 18.3. The van der Waals surface area contributed by atoms with Gasteiger partial charge >= 0.3 is 6.18 Å². The molecule has 0 aliphatic rings. The lowest BCUT2D eigenvalue weighted by Crippen LogP contribution is -2.23. The van der Waals surface area contributed by atoms with Gasteiger partial charge in [0.2, 0.25) is 0 Å². The molecule has 4 heterocycles. The summed E-state index contributed by atoms with van der Waals surface area (Å²) in [6.07, 6.45) is -1.76. The van der Waals surface area contributed by atoms with E-state index >= 15 is 0 Å². The van der Waals surface area contributed by atoms with Gasteiger partial charge < -0.3 is 14.1 Å². The molecule has 4 aromatic heterocycles. The topological polar surface area (TPSA) is 59.5 Å². The fourth-order valence-corrected chi connectivity index (χ4v) is 3.57. The third-order valence-electron chi connectivity index (χ3n) is 4.29. The number of pyridine rings is 1. The number of amides is 1. The van der Waals surface area contributed by atoms with Gasteiger partial charge in [0, 0.05) is 16.6 Å². The Bertz CT molecular complexity index is 1130. The zero-order valence-corrected chi connectivity index (χ0v) is 15.4. The number of fused-ring (bicyclic) bond motifs is 1. The van der Waals surface area contributed by atoms with Crippen LogP contribution in [0.4, 0.5) is 13.2 Å². The average molecular weight is 405 g/mol. The van der Waals surface area contributed by atoms with Gasteiger partial charge in [-0.05, 0) is 36.6 Å². The standard InChI is InChI=1S/C19H14F3N3O2S/c1-11-16(18(26)23-9-13-4-3-7-28-13)24-17-14(19(20,21)22)8-12(10-25(11)17)15-5-2-6-27-15/h2-8,10H,9H2,1H3,(H,23,26). The predicted octanol–water partition coefficient (Wildman–Crippen LogP) is 4.91. The Hall–Kier alpha value is -3.07. The van der Waals surface area contributed by atoms with Crippen LogP contribution < -0.4 is 5.32 Å². The maximum Gasteiger partial charge on any atom is 0.420 e. The minimum Gasteiger partial charge on any atom is -0.464 e. The summed E-state index contributed by atoms with van der Waals surface area (Å²) in [5, 5.41) is 4.58. The minimum atomic E-state index is -4.63. The monoisotopic (exact) mass is 405 g/mol. The number of hydrogen-bond donors (Lipinski definition) is 1. The van der Waals surface area contributed by atoms with E-state index in [-0.39, 0.29) is 23.4 Å². The Morgan fingerprint density at radius 2 is 2.14 bits per heavy atom. The molecule has 1 amide bonds. The van der Waals surface area contributed by atoms with Gasteiger partial charge in [0.05, 0.1) is 24.1 Å². The Morgan fingerprint density at radius 1 is 1.32 bits per heavy atom. The van der Waals surface area contributed by atoms with Crippen molar-refractivity contribution in [2.75, 3.05) is 0 Å². The lowest BCUT2D eigenvalue weighted by atomic mass is 10.1. The third kappa shape index (κ3) is 3.29. The number of rotatable bonds is 4. The number of aromatic nitrogens is 2. The van der Waals surface area contributed by atoms with Gasteiger partial charge in [0.1, 0.15) is 17.1 Å². The van der Waals surface area contributed by atoms with Crippen molar-refractivity contribution in [3.05, 3.63) is 70.0 Å². The van der Waals surface area contributed by atoms with E-state index in [9.17, 15) is 18.0 Å². The molecular weight excluding hydrogens is 391 g/mol. The number of carbonyl (C=O) groups excluding carboxylic acids is 1. The van der Waals surface area contributed by atoms with E-state index in [0.29, 0.717) is 11.5 Å². The SMILES string of the molecule is Cc1c(C(=O)NCc2cccs2)nc2c(C(F)(F)F)cc(-c3ccco3)cn12. The maximum absolute atomic E-state index is 13.6. The van der Waals surface area contributed by atoms with Crippen molar-refractivity contribution < 1.29 is 22.4 Å². The van der Waals surface area contributed by atoms with Crippen LogP contribution in [0.3, 0.4) is 0 Å². The lowest BCUT2D eigenvalue weighted by molar-refractivity contribution is -0.136. The molecule has 5 nitrogen and oxygen atoms in total. The molecule has 0 bridgehead atoms. The summed E-state index contributed by atoms with van der Waals surface area (Å²) in [5.41, 5.74) is -0.726. The number of hydrogen-bond acceptors (Lipinski definition) is 4. The third-order valence-corrected chi connectivity index (χ3v) is 5.16. The second-order valence-corrected chi connectivity index (χ2v) is 7.15. The van der Waals surface area contributed by atoms with Crippen LogP contribution in [0, 0.1) is 6.92 Å². The van der Waals surface area contributed by atoms with Gasteiger partial charge in [-0.3, -0.25) is 4.79 Å². The number of nitrogens with one attached hydrogen (secondary N) is 1. The number of halogens is 3. The molecule has 4 aromatic rings. The van der Waals surface area contributed by atoms with Crippen LogP contribution in [0.5, 0.6) is 0 Å².